The number of hydrogen-bond donors (Lipinski definition) is 3. The van der Waals surface area contributed by atoms with Crippen LogP contribution in [-0.2, 0) is 6.54 Å². The van der Waals surface area contributed by atoms with Gasteiger partial charge in [-0.25, -0.2) is 4.98 Å². The van der Waals surface area contributed by atoms with E-state index in [0.29, 0.717) is 6.04 Å². The minimum absolute atomic E-state index is 0. The number of hydrogen-bond acceptors (Lipinski definition) is 3. The Morgan fingerprint density at radius 1 is 1.33 bits per heavy atom. The maximum absolute atomic E-state index is 9.58. The number of halogens is 1. The average Bonchev–Trinajstić information content (AvgIpc) is 2.94. The molecule has 0 radical (unpaired) electrons. The summed E-state index contributed by atoms with van der Waals surface area (Å²) in [6.45, 7) is 6.83. The fourth-order valence-corrected chi connectivity index (χ4v) is 2.96. The van der Waals surface area contributed by atoms with Crippen LogP contribution in [0.15, 0.2) is 17.4 Å². The Bertz CT molecular complexity index is 483. The van der Waals surface area contributed by atoms with E-state index in [-0.39, 0.29) is 30.1 Å². The molecule has 1 saturated carbocycles. The number of nitrogens with one attached hydrogen (secondary N) is 2. The van der Waals surface area contributed by atoms with E-state index < -0.39 is 0 Å². The van der Waals surface area contributed by atoms with Crippen molar-refractivity contribution in [1.82, 2.24) is 20.2 Å². The molecule has 3 N–H and O–H groups in total. The van der Waals surface area contributed by atoms with Crippen molar-refractivity contribution >= 4 is 29.9 Å². The Balaban J connectivity index is 0.00000288. The molecule has 24 heavy (non-hydrogen) atoms. The van der Waals surface area contributed by atoms with Crippen LogP contribution in [0.4, 0.5) is 0 Å². The van der Waals surface area contributed by atoms with Crippen LogP contribution < -0.4 is 10.6 Å². The minimum Gasteiger partial charge on any atom is -0.393 e. The number of imidazole rings is 1. The van der Waals surface area contributed by atoms with Crippen molar-refractivity contribution in [3.05, 3.63) is 18.2 Å². The van der Waals surface area contributed by atoms with Crippen LogP contribution in [0, 0.1) is 6.92 Å². The Kier molecular flexibility index (Phi) is 10.3. The van der Waals surface area contributed by atoms with Crippen molar-refractivity contribution in [1.29, 1.82) is 0 Å². The second kappa shape index (κ2) is 11.7. The molecule has 7 heteroatoms. The van der Waals surface area contributed by atoms with Gasteiger partial charge >= 0.3 is 0 Å². The molecule has 1 aromatic rings. The van der Waals surface area contributed by atoms with E-state index in [2.05, 4.69) is 32.1 Å². The molecule has 6 nitrogen and oxygen atoms in total. The average molecular weight is 449 g/mol. The molecule has 0 saturated heterocycles. The summed E-state index contributed by atoms with van der Waals surface area (Å²) in [5.74, 6) is 1.98. The van der Waals surface area contributed by atoms with Crippen molar-refractivity contribution < 1.29 is 5.11 Å². The van der Waals surface area contributed by atoms with Crippen LogP contribution in [0.2, 0.25) is 0 Å². The van der Waals surface area contributed by atoms with Gasteiger partial charge in [0.05, 0.1) is 6.10 Å². The summed E-state index contributed by atoms with van der Waals surface area (Å²) in [5.41, 5.74) is 0. The summed E-state index contributed by atoms with van der Waals surface area (Å²) in [4.78, 5) is 8.91. The number of unbranched alkanes of at least 4 members (excludes halogenated alkanes) is 1. The largest absolute Gasteiger partial charge is 0.393 e. The van der Waals surface area contributed by atoms with E-state index in [1.54, 1.807) is 0 Å². The number of guanidine groups is 1. The lowest BCUT2D eigenvalue weighted by Crippen LogP contribution is -2.45. The first-order chi connectivity index (χ1) is 11.2. The van der Waals surface area contributed by atoms with Crippen molar-refractivity contribution in [2.45, 2.75) is 71.1 Å². The van der Waals surface area contributed by atoms with Gasteiger partial charge in [-0.05, 0) is 52.4 Å². The second-order valence-electron chi connectivity index (χ2n) is 6.29. The smallest absolute Gasteiger partial charge is 0.191 e. The van der Waals surface area contributed by atoms with Gasteiger partial charge in [-0.2, -0.15) is 0 Å². The molecule has 138 valence electrons. The molecule has 1 aromatic heterocycles. The summed E-state index contributed by atoms with van der Waals surface area (Å²) < 4.78 is 2.18. The van der Waals surface area contributed by atoms with Gasteiger partial charge in [0, 0.05) is 38.1 Å². The van der Waals surface area contributed by atoms with Gasteiger partial charge in [-0.15, -0.1) is 24.0 Å². The Morgan fingerprint density at radius 2 is 2.08 bits per heavy atom. The Hall–Kier alpha value is -0.830. The number of aliphatic imine (C=N–C) groups is 1. The molecule has 0 spiro atoms. The Morgan fingerprint density at radius 3 is 2.71 bits per heavy atom. The highest BCUT2D eigenvalue weighted by Crippen LogP contribution is 2.18. The normalized spacial score (nSPS) is 21.2. The summed E-state index contributed by atoms with van der Waals surface area (Å²) >= 11 is 0. The summed E-state index contributed by atoms with van der Waals surface area (Å²) in [6, 6.07) is 0.435. The lowest BCUT2D eigenvalue weighted by Gasteiger charge is -2.27. The molecule has 2 rings (SSSR count). The fourth-order valence-electron chi connectivity index (χ4n) is 2.96. The zero-order valence-corrected chi connectivity index (χ0v) is 17.2. The highest BCUT2D eigenvalue weighted by atomic mass is 127. The third-order valence-electron chi connectivity index (χ3n) is 4.38. The van der Waals surface area contributed by atoms with E-state index in [1.807, 2.05) is 19.3 Å². The van der Waals surface area contributed by atoms with Gasteiger partial charge in [0.25, 0.3) is 0 Å². The number of aryl methyl sites for hydroxylation is 2. The highest BCUT2D eigenvalue weighted by molar-refractivity contribution is 14.0. The minimum atomic E-state index is -0.112. The van der Waals surface area contributed by atoms with Crippen LogP contribution in [0.5, 0.6) is 0 Å². The standard InChI is InChI=1S/C17H31N5O.HI/c1-3-18-17(21-15-6-8-16(23)9-7-15)20-10-4-5-12-22-13-11-19-14(22)2;/h11,13,15-16,23H,3-10,12H2,1-2H3,(H2,18,20,21);1H. The first-order valence-corrected chi connectivity index (χ1v) is 8.89. The van der Waals surface area contributed by atoms with Crippen LogP contribution in [0.3, 0.4) is 0 Å². The van der Waals surface area contributed by atoms with Gasteiger partial charge in [0.1, 0.15) is 5.82 Å². The lowest BCUT2D eigenvalue weighted by molar-refractivity contribution is 0.120. The maximum atomic E-state index is 9.58. The molecule has 1 fully saturated rings. The monoisotopic (exact) mass is 449 g/mol. The molecule has 0 amide bonds. The summed E-state index contributed by atoms with van der Waals surface area (Å²) in [5, 5.41) is 16.4. The first kappa shape index (κ1) is 21.2. The third-order valence-corrected chi connectivity index (χ3v) is 4.38. The van der Waals surface area contributed by atoms with Gasteiger partial charge < -0.3 is 20.3 Å². The second-order valence-corrected chi connectivity index (χ2v) is 6.29. The molecular weight excluding hydrogens is 417 g/mol. The number of aliphatic hydroxyl groups is 1. The summed E-state index contributed by atoms with van der Waals surface area (Å²) in [7, 11) is 0. The SMILES string of the molecule is CCNC(=NCCCCn1ccnc1C)NC1CCC(O)CC1.I. The number of nitrogens with zero attached hydrogens (tertiary/aromatic N) is 3. The van der Waals surface area contributed by atoms with Gasteiger partial charge in [-0.1, -0.05) is 0 Å². The van der Waals surface area contributed by atoms with Crippen molar-refractivity contribution in [2.75, 3.05) is 13.1 Å². The van der Waals surface area contributed by atoms with Crippen molar-refractivity contribution in [2.24, 2.45) is 4.99 Å². The highest BCUT2D eigenvalue weighted by Gasteiger charge is 2.19. The molecule has 0 aliphatic heterocycles. The van der Waals surface area contributed by atoms with E-state index in [9.17, 15) is 5.11 Å². The molecule has 0 unspecified atom stereocenters. The molecular formula is C17H32IN5O. The number of aliphatic hydroxyl groups excluding tert-OH is 1. The van der Waals surface area contributed by atoms with Crippen molar-refractivity contribution in [3.8, 4) is 0 Å². The molecule has 0 bridgehead atoms. The quantitative estimate of drug-likeness (QED) is 0.259. The predicted octanol–water partition coefficient (Wildman–Crippen LogP) is 2.45. The van der Waals surface area contributed by atoms with E-state index >= 15 is 0 Å². The van der Waals surface area contributed by atoms with Crippen LogP contribution >= 0.6 is 24.0 Å². The zero-order chi connectivity index (χ0) is 16.5. The molecule has 1 aliphatic carbocycles. The van der Waals surface area contributed by atoms with E-state index in [0.717, 1.165) is 69.9 Å². The Labute approximate surface area is 162 Å². The van der Waals surface area contributed by atoms with Gasteiger partial charge in [0.2, 0.25) is 0 Å². The first-order valence-electron chi connectivity index (χ1n) is 8.89. The predicted molar refractivity (Wildman–Crippen MR) is 109 cm³/mol. The molecule has 0 atom stereocenters. The van der Waals surface area contributed by atoms with E-state index in [1.165, 1.54) is 0 Å². The molecule has 1 heterocycles. The fraction of sp³-hybridized carbons (Fsp3) is 0.765. The van der Waals surface area contributed by atoms with Crippen LogP contribution in [0.25, 0.3) is 0 Å². The summed E-state index contributed by atoms with van der Waals surface area (Å²) in [6.07, 6.45) is 9.76. The van der Waals surface area contributed by atoms with Crippen molar-refractivity contribution in [3.63, 3.8) is 0 Å². The molecule has 0 aromatic carbocycles. The van der Waals surface area contributed by atoms with Crippen LogP contribution in [-0.4, -0.2) is 45.9 Å². The topological polar surface area (TPSA) is 74.5 Å². The molecule has 1 aliphatic rings. The van der Waals surface area contributed by atoms with Crippen LogP contribution in [0.1, 0.15) is 51.3 Å². The lowest BCUT2D eigenvalue weighted by atomic mass is 9.93. The van der Waals surface area contributed by atoms with E-state index in [4.69, 9.17) is 0 Å². The maximum Gasteiger partial charge on any atom is 0.191 e. The van der Waals surface area contributed by atoms with Gasteiger partial charge in [0.15, 0.2) is 5.96 Å². The van der Waals surface area contributed by atoms with Gasteiger partial charge in [-0.3, -0.25) is 4.99 Å². The third kappa shape index (κ3) is 7.38. The zero-order valence-electron chi connectivity index (χ0n) is 14.9. The number of rotatable bonds is 7. The number of aromatic nitrogens is 2.